The van der Waals surface area contributed by atoms with Crippen LogP contribution in [0.2, 0.25) is 0 Å². The molecule has 1 aliphatic heterocycles. The van der Waals surface area contributed by atoms with Crippen LogP contribution >= 0.6 is 11.8 Å². The van der Waals surface area contributed by atoms with Crippen molar-refractivity contribution < 1.29 is 0 Å². The summed E-state index contributed by atoms with van der Waals surface area (Å²) in [5.41, 5.74) is 6.67. The highest BCUT2D eigenvalue weighted by atomic mass is 32.2. The number of thioether (sulfide) groups is 1. The van der Waals surface area contributed by atoms with Crippen LogP contribution in [-0.2, 0) is 0 Å². The van der Waals surface area contributed by atoms with Gasteiger partial charge in [0.2, 0.25) is 0 Å². The van der Waals surface area contributed by atoms with E-state index in [4.69, 9.17) is 5.73 Å². The van der Waals surface area contributed by atoms with Gasteiger partial charge in [-0.15, -0.1) is 0 Å². The average molecular weight is 115 g/mol. The molecule has 0 saturated carbocycles. The van der Waals surface area contributed by atoms with Crippen molar-refractivity contribution in [3.05, 3.63) is 11.8 Å². The molecule has 1 nitrogen and oxygen atoms in total. The van der Waals surface area contributed by atoms with Crippen LogP contribution in [0.1, 0.15) is 6.42 Å². The molecule has 0 aliphatic carbocycles. The van der Waals surface area contributed by atoms with Gasteiger partial charge in [-0.2, -0.15) is 11.8 Å². The first kappa shape index (κ1) is 5.04. The maximum Gasteiger partial charge on any atom is 0.0160 e. The summed E-state index contributed by atoms with van der Waals surface area (Å²) in [6, 6.07) is 0. The highest BCUT2D eigenvalue weighted by Gasteiger charge is 2.03. The van der Waals surface area contributed by atoms with E-state index in [9.17, 15) is 0 Å². The lowest BCUT2D eigenvalue weighted by molar-refractivity contribution is 1.15. The van der Waals surface area contributed by atoms with E-state index in [0.717, 1.165) is 5.75 Å². The lowest BCUT2D eigenvalue weighted by Gasteiger charge is -1.84. The quantitative estimate of drug-likeness (QED) is 0.509. The van der Waals surface area contributed by atoms with Crippen molar-refractivity contribution in [1.29, 1.82) is 0 Å². The van der Waals surface area contributed by atoms with Gasteiger partial charge in [0.15, 0.2) is 0 Å². The molecular weight excluding hydrogens is 106 g/mol. The largest absolute Gasteiger partial charge is 0.405 e. The Balaban J connectivity index is 2.41. The Labute approximate surface area is 48.0 Å². The molecule has 7 heavy (non-hydrogen) atoms. The Bertz CT molecular complexity index is 80.1. The Hall–Kier alpha value is -0.110. The van der Waals surface area contributed by atoms with Gasteiger partial charge in [0.25, 0.3) is 0 Å². The van der Waals surface area contributed by atoms with Crippen LogP contribution in [0.15, 0.2) is 11.8 Å². The number of nitrogens with two attached hydrogens (primary N) is 1. The molecule has 2 N–H and O–H groups in total. The summed E-state index contributed by atoms with van der Waals surface area (Å²) in [6.07, 6.45) is 2.95. The monoisotopic (exact) mass is 115 g/mol. The smallest absolute Gasteiger partial charge is 0.0160 e. The minimum absolute atomic E-state index is 1.16. The lowest BCUT2D eigenvalue weighted by Crippen LogP contribution is -1.84. The standard InChI is InChI=1S/C5H9NS/c6-3-5-1-2-7-4-5/h3H,1-2,4,6H2/b5-3-. The Morgan fingerprint density at radius 3 is 2.86 bits per heavy atom. The molecule has 0 spiro atoms. The summed E-state index contributed by atoms with van der Waals surface area (Å²) in [7, 11) is 0. The van der Waals surface area contributed by atoms with E-state index in [-0.39, 0.29) is 0 Å². The predicted octanol–water partition coefficient (Wildman–Crippen LogP) is 0.966. The van der Waals surface area contributed by atoms with E-state index < -0.39 is 0 Å². The third kappa shape index (κ3) is 1.13. The number of hydrogen-bond acceptors (Lipinski definition) is 2. The number of rotatable bonds is 0. The lowest BCUT2D eigenvalue weighted by atomic mass is 10.3. The molecule has 0 aromatic rings. The van der Waals surface area contributed by atoms with E-state index in [0.29, 0.717) is 0 Å². The van der Waals surface area contributed by atoms with Gasteiger partial charge < -0.3 is 5.73 Å². The minimum atomic E-state index is 1.16. The van der Waals surface area contributed by atoms with Gasteiger partial charge in [-0.05, 0) is 23.9 Å². The molecule has 1 aliphatic rings. The van der Waals surface area contributed by atoms with Crippen LogP contribution in [0, 0.1) is 0 Å². The maximum absolute atomic E-state index is 5.26. The molecule has 1 fully saturated rings. The molecule has 0 aromatic carbocycles. The van der Waals surface area contributed by atoms with Gasteiger partial charge >= 0.3 is 0 Å². The molecule has 0 aromatic heterocycles. The summed E-state index contributed by atoms with van der Waals surface area (Å²) in [4.78, 5) is 0. The highest BCUT2D eigenvalue weighted by Crippen LogP contribution is 2.20. The van der Waals surface area contributed by atoms with Gasteiger partial charge in [0.1, 0.15) is 0 Å². The van der Waals surface area contributed by atoms with Gasteiger partial charge in [-0.1, -0.05) is 0 Å². The van der Waals surface area contributed by atoms with E-state index in [1.807, 2.05) is 11.8 Å². The van der Waals surface area contributed by atoms with Crippen LogP contribution in [0.5, 0.6) is 0 Å². The van der Waals surface area contributed by atoms with Crippen molar-refractivity contribution in [3.63, 3.8) is 0 Å². The van der Waals surface area contributed by atoms with Crippen molar-refractivity contribution >= 4 is 11.8 Å². The first-order valence-electron chi connectivity index (χ1n) is 2.41. The van der Waals surface area contributed by atoms with Gasteiger partial charge in [-0.3, -0.25) is 0 Å². The molecule has 2 heteroatoms. The Kier molecular flexibility index (Phi) is 1.63. The van der Waals surface area contributed by atoms with Gasteiger partial charge in [0.05, 0.1) is 0 Å². The van der Waals surface area contributed by atoms with Crippen LogP contribution < -0.4 is 5.73 Å². The minimum Gasteiger partial charge on any atom is -0.405 e. The summed E-state index contributed by atoms with van der Waals surface area (Å²) in [5, 5.41) is 0. The zero-order valence-electron chi connectivity index (χ0n) is 4.18. The summed E-state index contributed by atoms with van der Waals surface area (Å²) >= 11 is 1.96. The molecule has 1 heterocycles. The second kappa shape index (κ2) is 2.26. The third-order valence-electron chi connectivity index (χ3n) is 1.09. The fraction of sp³-hybridized carbons (Fsp3) is 0.600. The molecule has 40 valence electrons. The van der Waals surface area contributed by atoms with Gasteiger partial charge in [0, 0.05) is 5.75 Å². The molecule has 1 saturated heterocycles. The zero-order chi connectivity index (χ0) is 5.11. The van der Waals surface area contributed by atoms with Crippen molar-refractivity contribution in [2.75, 3.05) is 11.5 Å². The average Bonchev–Trinajstić information content (AvgIpc) is 2.14. The van der Waals surface area contributed by atoms with E-state index >= 15 is 0 Å². The normalized spacial score (nSPS) is 26.6. The highest BCUT2D eigenvalue weighted by molar-refractivity contribution is 7.99. The number of hydrogen-bond donors (Lipinski definition) is 1. The first-order valence-corrected chi connectivity index (χ1v) is 3.56. The van der Waals surface area contributed by atoms with Crippen molar-refractivity contribution in [1.82, 2.24) is 0 Å². The molecule has 0 atom stereocenters. The molecule has 0 radical (unpaired) electrons. The summed E-state index contributed by atoms with van der Waals surface area (Å²) in [6.45, 7) is 0. The van der Waals surface area contributed by atoms with Crippen molar-refractivity contribution in [3.8, 4) is 0 Å². The zero-order valence-corrected chi connectivity index (χ0v) is 5.00. The van der Waals surface area contributed by atoms with Crippen LogP contribution in [0.3, 0.4) is 0 Å². The molecule has 0 bridgehead atoms. The van der Waals surface area contributed by atoms with E-state index in [1.54, 1.807) is 6.20 Å². The SMILES string of the molecule is N/C=C1/CCSC1. The second-order valence-electron chi connectivity index (χ2n) is 1.63. The molecular formula is C5H9NS. The molecule has 1 rings (SSSR count). The van der Waals surface area contributed by atoms with E-state index in [2.05, 4.69) is 0 Å². The van der Waals surface area contributed by atoms with Gasteiger partial charge in [-0.25, -0.2) is 0 Å². The predicted molar refractivity (Wildman–Crippen MR) is 34.2 cm³/mol. The van der Waals surface area contributed by atoms with Crippen LogP contribution in [0.4, 0.5) is 0 Å². The third-order valence-corrected chi connectivity index (χ3v) is 2.16. The fourth-order valence-electron chi connectivity index (χ4n) is 0.610. The van der Waals surface area contributed by atoms with E-state index in [1.165, 1.54) is 17.7 Å². The summed E-state index contributed by atoms with van der Waals surface area (Å²) < 4.78 is 0. The topological polar surface area (TPSA) is 26.0 Å². The first-order chi connectivity index (χ1) is 3.43. The Morgan fingerprint density at radius 2 is 2.57 bits per heavy atom. The summed E-state index contributed by atoms with van der Waals surface area (Å²) in [5.74, 6) is 2.43. The van der Waals surface area contributed by atoms with Crippen molar-refractivity contribution in [2.45, 2.75) is 6.42 Å². The van der Waals surface area contributed by atoms with Crippen LogP contribution in [-0.4, -0.2) is 11.5 Å². The fourth-order valence-corrected chi connectivity index (χ4v) is 1.66. The second-order valence-corrected chi connectivity index (χ2v) is 2.73. The Morgan fingerprint density at radius 1 is 1.71 bits per heavy atom. The van der Waals surface area contributed by atoms with Crippen molar-refractivity contribution in [2.24, 2.45) is 5.73 Å². The molecule has 0 amide bonds. The maximum atomic E-state index is 5.26. The van der Waals surface area contributed by atoms with Crippen LogP contribution in [0.25, 0.3) is 0 Å². The molecule has 0 unspecified atom stereocenters.